The van der Waals surface area contributed by atoms with Crippen molar-refractivity contribution in [2.45, 2.75) is 25.3 Å². The van der Waals surface area contributed by atoms with E-state index in [2.05, 4.69) is 34.8 Å². The van der Waals surface area contributed by atoms with E-state index in [0.717, 1.165) is 29.5 Å². The Morgan fingerprint density at radius 3 is 2.63 bits per heavy atom. The SMILES string of the molecule is CNC1(C)CCN(C(=O)c2cc(Cl)ccc2I)CC1. The molecular weight excluding hydrogens is 375 g/mol. The Balaban J connectivity index is 2.11. The first-order valence-electron chi connectivity index (χ1n) is 6.38. The van der Waals surface area contributed by atoms with Gasteiger partial charge in [0.05, 0.1) is 5.56 Å². The predicted molar refractivity (Wildman–Crippen MR) is 86.8 cm³/mol. The summed E-state index contributed by atoms with van der Waals surface area (Å²) < 4.78 is 0.953. The molecule has 0 saturated carbocycles. The van der Waals surface area contributed by atoms with Crippen LogP contribution in [-0.2, 0) is 0 Å². The zero-order valence-electron chi connectivity index (χ0n) is 11.2. The van der Waals surface area contributed by atoms with Gasteiger partial charge in [-0.1, -0.05) is 11.6 Å². The van der Waals surface area contributed by atoms with E-state index in [0.29, 0.717) is 10.6 Å². The van der Waals surface area contributed by atoms with Crippen molar-refractivity contribution in [3.05, 3.63) is 32.4 Å². The highest BCUT2D eigenvalue weighted by Gasteiger charge is 2.31. The standard InChI is InChI=1S/C14H18ClIN2O/c1-14(17-2)5-7-18(8-6-14)13(19)11-9-10(15)3-4-12(11)16/h3-4,9,17H,5-8H2,1-2H3. The molecule has 1 aliphatic heterocycles. The second-order valence-electron chi connectivity index (χ2n) is 5.23. The fourth-order valence-corrected chi connectivity index (χ4v) is 3.02. The van der Waals surface area contributed by atoms with Crippen molar-refractivity contribution in [2.24, 2.45) is 0 Å². The number of piperidine rings is 1. The Hall–Kier alpha value is -0.330. The average molecular weight is 393 g/mol. The molecule has 5 heteroatoms. The van der Waals surface area contributed by atoms with Gasteiger partial charge in [-0.05, 0) is 67.6 Å². The molecule has 1 aliphatic rings. The van der Waals surface area contributed by atoms with Crippen molar-refractivity contribution >= 4 is 40.1 Å². The summed E-state index contributed by atoms with van der Waals surface area (Å²) in [6.45, 7) is 3.79. The normalized spacial score (nSPS) is 18.4. The van der Waals surface area contributed by atoms with Gasteiger partial charge in [-0.2, -0.15) is 0 Å². The van der Waals surface area contributed by atoms with E-state index < -0.39 is 0 Å². The lowest BCUT2D eigenvalue weighted by Gasteiger charge is -2.39. The van der Waals surface area contributed by atoms with Crippen LogP contribution < -0.4 is 5.32 Å². The Kier molecular flexibility index (Phi) is 4.74. The van der Waals surface area contributed by atoms with E-state index >= 15 is 0 Å². The van der Waals surface area contributed by atoms with E-state index in [1.165, 1.54) is 0 Å². The lowest BCUT2D eigenvalue weighted by Crippen LogP contribution is -2.51. The summed E-state index contributed by atoms with van der Waals surface area (Å²) in [5.74, 6) is 0.0880. The first kappa shape index (κ1) is 15.1. The number of carbonyl (C=O) groups excluding carboxylic acids is 1. The molecule has 0 aliphatic carbocycles. The molecule has 0 spiro atoms. The Morgan fingerprint density at radius 2 is 2.05 bits per heavy atom. The molecular formula is C14H18ClIN2O. The van der Waals surface area contributed by atoms with Gasteiger partial charge in [0.2, 0.25) is 0 Å². The maximum absolute atomic E-state index is 12.5. The van der Waals surface area contributed by atoms with Crippen LogP contribution in [0.25, 0.3) is 0 Å². The van der Waals surface area contributed by atoms with Crippen LogP contribution in [0.5, 0.6) is 0 Å². The van der Waals surface area contributed by atoms with Gasteiger partial charge in [-0.3, -0.25) is 4.79 Å². The predicted octanol–water partition coefficient (Wildman–Crippen LogP) is 3.16. The molecule has 1 aromatic carbocycles. The average Bonchev–Trinajstić information content (AvgIpc) is 2.42. The molecule has 1 aromatic rings. The summed E-state index contributed by atoms with van der Waals surface area (Å²) in [5.41, 5.74) is 0.860. The quantitative estimate of drug-likeness (QED) is 0.784. The molecule has 104 valence electrons. The number of benzene rings is 1. The molecule has 0 radical (unpaired) electrons. The van der Waals surface area contributed by atoms with Crippen molar-refractivity contribution in [1.82, 2.24) is 10.2 Å². The zero-order chi connectivity index (χ0) is 14.0. The van der Waals surface area contributed by atoms with Gasteiger partial charge in [-0.25, -0.2) is 0 Å². The van der Waals surface area contributed by atoms with E-state index in [9.17, 15) is 4.79 Å². The number of halogens is 2. The van der Waals surface area contributed by atoms with Crippen molar-refractivity contribution in [3.8, 4) is 0 Å². The van der Waals surface area contributed by atoms with Crippen LogP contribution >= 0.6 is 34.2 Å². The zero-order valence-corrected chi connectivity index (χ0v) is 14.1. The van der Waals surface area contributed by atoms with Crippen molar-refractivity contribution in [2.75, 3.05) is 20.1 Å². The number of hydrogen-bond acceptors (Lipinski definition) is 2. The van der Waals surface area contributed by atoms with Gasteiger partial charge >= 0.3 is 0 Å². The minimum Gasteiger partial charge on any atom is -0.338 e. The molecule has 2 rings (SSSR count). The van der Waals surface area contributed by atoms with Gasteiger partial charge in [0.1, 0.15) is 0 Å². The number of carbonyl (C=O) groups is 1. The highest BCUT2D eigenvalue weighted by molar-refractivity contribution is 14.1. The largest absolute Gasteiger partial charge is 0.338 e. The third kappa shape index (κ3) is 3.41. The first-order chi connectivity index (χ1) is 8.95. The molecule has 19 heavy (non-hydrogen) atoms. The topological polar surface area (TPSA) is 32.3 Å². The molecule has 1 heterocycles. The number of hydrogen-bond donors (Lipinski definition) is 1. The summed E-state index contributed by atoms with van der Waals surface area (Å²) in [7, 11) is 1.98. The summed E-state index contributed by atoms with van der Waals surface area (Å²) in [6.07, 6.45) is 1.96. The molecule has 1 N–H and O–H groups in total. The molecule has 0 bridgehead atoms. The summed E-state index contributed by atoms with van der Waals surface area (Å²) in [5, 5.41) is 3.95. The van der Waals surface area contributed by atoms with Crippen molar-refractivity contribution < 1.29 is 4.79 Å². The molecule has 1 amide bonds. The van der Waals surface area contributed by atoms with Crippen LogP contribution in [0.2, 0.25) is 5.02 Å². The van der Waals surface area contributed by atoms with Gasteiger partial charge in [-0.15, -0.1) is 0 Å². The Bertz CT molecular complexity index is 484. The first-order valence-corrected chi connectivity index (χ1v) is 7.84. The lowest BCUT2D eigenvalue weighted by atomic mass is 9.89. The van der Waals surface area contributed by atoms with Crippen LogP contribution in [0, 0.1) is 3.57 Å². The Morgan fingerprint density at radius 1 is 1.42 bits per heavy atom. The minimum absolute atomic E-state index is 0.0880. The maximum Gasteiger partial charge on any atom is 0.254 e. The fourth-order valence-electron chi connectivity index (χ4n) is 2.29. The monoisotopic (exact) mass is 392 g/mol. The molecule has 0 aromatic heterocycles. The van der Waals surface area contributed by atoms with E-state index in [1.807, 2.05) is 24.1 Å². The van der Waals surface area contributed by atoms with Crippen LogP contribution in [0.3, 0.4) is 0 Å². The highest BCUT2D eigenvalue weighted by Crippen LogP contribution is 2.25. The number of likely N-dealkylation sites (tertiary alicyclic amines) is 1. The molecule has 1 saturated heterocycles. The third-order valence-electron chi connectivity index (χ3n) is 3.92. The third-order valence-corrected chi connectivity index (χ3v) is 5.09. The van der Waals surface area contributed by atoms with Crippen LogP contribution in [0.1, 0.15) is 30.1 Å². The van der Waals surface area contributed by atoms with Crippen LogP contribution in [0.4, 0.5) is 0 Å². The highest BCUT2D eigenvalue weighted by atomic mass is 127. The van der Waals surface area contributed by atoms with E-state index in [1.54, 1.807) is 6.07 Å². The lowest BCUT2D eigenvalue weighted by molar-refractivity contribution is 0.0661. The number of amides is 1. The summed E-state index contributed by atoms with van der Waals surface area (Å²) >= 11 is 8.17. The van der Waals surface area contributed by atoms with Crippen molar-refractivity contribution in [3.63, 3.8) is 0 Å². The van der Waals surface area contributed by atoms with E-state index in [-0.39, 0.29) is 11.4 Å². The second-order valence-corrected chi connectivity index (χ2v) is 6.83. The van der Waals surface area contributed by atoms with Crippen LogP contribution in [0.15, 0.2) is 18.2 Å². The molecule has 0 unspecified atom stereocenters. The van der Waals surface area contributed by atoms with Crippen LogP contribution in [-0.4, -0.2) is 36.5 Å². The Labute approximate surface area is 132 Å². The summed E-state index contributed by atoms with van der Waals surface area (Å²) in [4.78, 5) is 14.4. The number of nitrogens with one attached hydrogen (secondary N) is 1. The minimum atomic E-state index is 0.0880. The van der Waals surface area contributed by atoms with E-state index in [4.69, 9.17) is 11.6 Å². The molecule has 0 atom stereocenters. The second kappa shape index (κ2) is 5.97. The molecule has 1 fully saturated rings. The number of rotatable bonds is 2. The summed E-state index contributed by atoms with van der Waals surface area (Å²) in [6, 6.07) is 5.46. The van der Waals surface area contributed by atoms with Gasteiger partial charge < -0.3 is 10.2 Å². The number of nitrogens with zero attached hydrogens (tertiary/aromatic N) is 1. The fraction of sp³-hybridized carbons (Fsp3) is 0.500. The van der Waals surface area contributed by atoms with Gasteiger partial charge in [0, 0.05) is 27.2 Å². The van der Waals surface area contributed by atoms with Gasteiger partial charge in [0.25, 0.3) is 5.91 Å². The molecule has 3 nitrogen and oxygen atoms in total. The maximum atomic E-state index is 12.5. The smallest absolute Gasteiger partial charge is 0.254 e. The van der Waals surface area contributed by atoms with Crippen molar-refractivity contribution in [1.29, 1.82) is 0 Å². The van der Waals surface area contributed by atoms with Gasteiger partial charge in [0.15, 0.2) is 0 Å².